The number of hydrogen-bond acceptors (Lipinski definition) is 4. The van der Waals surface area contributed by atoms with Crippen LogP contribution < -0.4 is 5.32 Å². The Labute approximate surface area is 110 Å². The van der Waals surface area contributed by atoms with Gasteiger partial charge in [0.1, 0.15) is 17.0 Å². The van der Waals surface area contributed by atoms with Crippen molar-refractivity contribution in [3.05, 3.63) is 24.1 Å². The summed E-state index contributed by atoms with van der Waals surface area (Å²) in [4.78, 5) is 20.1. The number of thiazole rings is 1. The third kappa shape index (κ3) is 3.16. The first-order valence-corrected chi connectivity index (χ1v) is 6.77. The number of carbonyl (C=O) groups excluding carboxylic acids is 1. The van der Waals surface area contributed by atoms with Crippen LogP contribution in [0.5, 0.6) is 0 Å². The van der Waals surface area contributed by atoms with Crippen LogP contribution in [0.4, 0.5) is 4.79 Å². The van der Waals surface area contributed by atoms with E-state index in [1.807, 2.05) is 5.38 Å². The Morgan fingerprint density at radius 3 is 3.00 bits per heavy atom. The summed E-state index contributed by atoms with van der Waals surface area (Å²) < 4.78 is 1.46. The smallest absolute Gasteiger partial charge is 0.326 e. The van der Waals surface area contributed by atoms with E-state index in [-0.39, 0.29) is 6.03 Å². The minimum Gasteiger partial charge on any atom is -0.337 e. The average molecular weight is 264 g/mol. The monoisotopic (exact) mass is 264 g/mol. The molecule has 1 N–H and O–H groups in total. The van der Waals surface area contributed by atoms with Crippen molar-refractivity contribution in [1.29, 1.82) is 0 Å². The van der Waals surface area contributed by atoms with Crippen LogP contribution in [0.3, 0.4) is 0 Å². The molecule has 2 rings (SSSR count). The molecule has 0 radical (unpaired) electrons. The number of hydrogen-bond donors (Lipinski definition) is 1. The van der Waals surface area contributed by atoms with Crippen molar-refractivity contribution >= 4 is 17.4 Å². The van der Waals surface area contributed by atoms with Gasteiger partial charge in [0.05, 0.1) is 0 Å². The van der Waals surface area contributed by atoms with E-state index >= 15 is 0 Å². The van der Waals surface area contributed by atoms with E-state index in [1.165, 1.54) is 22.2 Å². The molecule has 0 spiro atoms. The minimum atomic E-state index is -0.147. The first-order chi connectivity index (χ1) is 8.66. The third-order valence-corrected chi connectivity index (χ3v) is 3.26. The molecule has 0 aromatic carbocycles. The van der Waals surface area contributed by atoms with Crippen LogP contribution in [-0.4, -0.2) is 27.1 Å². The Balaban J connectivity index is 1.95. The topological polar surface area (TPSA) is 59.8 Å². The van der Waals surface area contributed by atoms with Crippen LogP contribution in [0.15, 0.2) is 24.1 Å². The van der Waals surface area contributed by atoms with Crippen molar-refractivity contribution in [3.63, 3.8) is 0 Å². The molecule has 0 aliphatic rings. The van der Waals surface area contributed by atoms with Crippen molar-refractivity contribution in [1.82, 2.24) is 19.9 Å². The third-order valence-electron chi connectivity index (χ3n) is 2.47. The number of amides is 1. The lowest BCUT2D eigenvalue weighted by Crippen LogP contribution is -2.29. The highest BCUT2D eigenvalue weighted by molar-refractivity contribution is 7.13. The van der Waals surface area contributed by atoms with Crippen LogP contribution in [0.2, 0.25) is 0 Å². The second-order valence-electron chi connectivity index (χ2n) is 4.42. The van der Waals surface area contributed by atoms with E-state index in [9.17, 15) is 4.79 Å². The molecular formula is C12H16N4OS. The summed E-state index contributed by atoms with van der Waals surface area (Å²) in [6.07, 6.45) is 5.91. The number of nitrogens with zero attached hydrogens (tertiary/aromatic N) is 3. The second-order valence-corrected chi connectivity index (χ2v) is 5.31. The fraction of sp³-hybridized carbons (Fsp3) is 0.417. The second kappa shape index (κ2) is 5.77. The fourth-order valence-electron chi connectivity index (χ4n) is 1.45. The highest BCUT2D eigenvalue weighted by Crippen LogP contribution is 2.18. The Morgan fingerprint density at radius 2 is 2.33 bits per heavy atom. The highest BCUT2D eigenvalue weighted by Gasteiger charge is 2.09. The van der Waals surface area contributed by atoms with Gasteiger partial charge in [0, 0.05) is 24.3 Å². The SMILES string of the molecule is CC(C)CCNC(=O)n1cnc(-c2nccs2)c1. The van der Waals surface area contributed by atoms with Crippen molar-refractivity contribution in [2.24, 2.45) is 5.92 Å². The van der Waals surface area contributed by atoms with Gasteiger partial charge in [-0.1, -0.05) is 13.8 Å². The number of nitrogens with one attached hydrogen (secondary N) is 1. The quantitative estimate of drug-likeness (QED) is 0.923. The fourth-order valence-corrected chi connectivity index (χ4v) is 2.05. The molecule has 0 bridgehead atoms. The zero-order valence-corrected chi connectivity index (χ0v) is 11.3. The largest absolute Gasteiger partial charge is 0.337 e. The van der Waals surface area contributed by atoms with Gasteiger partial charge in [-0.15, -0.1) is 11.3 Å². The molecule has 96 valence electrons. The molecule has 2 aromatic rings. The molecule has 6 heteroatoms. The van der Waals surface area contributed by atoms with Gasteiger partial charge < -0.3 is 5.32 Å². The van der Waals surface area contributed by atoms with E-state index in [2.05, 4.69) is 29.1 Å². The van der Waals surface area contributed by atoms with Gasteiger partial charge >= 0.3 is 6.03 Å². The predicted octanol–water partition coefficient (Wildman–Crippen LogP) is 2.61. The zero-order chi connectivity index (χ0) is 13.0. The molecule has 0 atom stereocenters. The van der Waals surface area contributed by atoms with Gasteiger partial charge in [-0.25, -0.2) is 14.8 Å². The molecule has 0 saturated heterocycles. The molecule has 5 nitrogen and oxygen atoms in total. The standard InChI is InChI=1S/C12H16N4OS/c1-9(2)3-4-14-12(17)16-7-10(15-8-16)11-13-5-6-18-11/h5-9H,3-4H2,1-2H3,(H,14,17). The maximum absolute atomic E-state index is 11.8. The minimum absolute atomic E-state index is 0.147. The molecule has 0 saturated carbocycles. The lowest BCUT2D eigenvalue weighted by atomic mass is 10.1. The summed E-state index contributed by atoms with van der Waals surface area (Å²) in [5, 5.41) is 5.56. The molecule has 2 aromatic heterocycles. The van der Waals surface area contributed by atoms with Crippen molar-refractivity contribution in [3.8, 4) is 10.7 Å². The molecule has 0 aliphatic carbocycles. The summed E-state index contributed by atoms with van der Waals surface area (Å²) >= 11 is 1.50. The number of imidazole rings is 1. The summed E-state index contributed by atoms with van der Waals surface area (Å²) in [6, 6.07) is -0.147. The van der Waals surface area contributed by atoms with E-state index in [4.69, 9.17) is 0 Å². The van der Waals surface area contributed by atoms with Crippen LogP contribution in [0.25, 0.3) is 10.7 Å². The maximum Gasteiger partial charge on any atom is 0.326 e. The lowest BCUT2D eigenvalue weighted by Gasteiger charge is -2.06. The Kier molecular flexibility index (Phi) is 4.09. The zero-order valence-electron chi connectivity index (χ0n) is 10.5. The van der Waals surface area contributed by atoms with Gasteiger partial charge in [0.15, 0.2) is 0 Å². The van der Waals surface area contributed by atoms with Crippen LogP contribution in [0.1, 0.15) is 20.3 Å². The number of rotatable bonds is 4. The van der Waals surface area contributed by atoms with Gasteiger partial charge in [-0.3, -0.25) is 4.57 Å². The Bertz CT molecular complexity index is 504. The van der Waals surface area contributed by atoms with Gasteiger partial charge in [0.25, 0.3) is 0 Å². The van der Waals surface area contributed by atoms with Crippen LogP contribution in [0, 0.1) is 5.92 Å². The normalized spacial score (nSPS) is 10.8. The molecule has 0 aliphatic heterocycles. The molecule has 0 fully saturated rings. The van der Waals surface area contributed by atoms with Gasteiger partial charge in [0.2, 0.25) is 0 Å². The molecule has 18 heavy (non-hydrogen) atoms. The average Bonchev–Trinajstić information content (AvgIpc) is 2.99. The van der Waals surface area contributed by atoms with E-state index in [1.54, 1.807) is 12.4 Å². The van der Waals surface area contributed by atoms with E-state index in [0.717, 1.165) is 17.1 Å². The van der Waals surface area contributed by atoms with Gasteiger partial charge in [-0.05, 0) is 12.3 Å². The molecule has 2 heterocycles. The van der Waals surface area contributed by atoms with Crippen molar-refractivity contribution in [2.75, 3.05) is 6.54 Å². The first-order valence-electron chi connectivity index (χ1n) is 5.89. The summed E-state index contributed by atoms with van der Waals surface area (Å²) in [5.74, 6) is 0.582. The molecule has 1 amide bonds. The van der Waals surface area contributed by atoms with Crippen LogP contribution in [-0.2, 0) is 0 Å². The summed E-state index contributed by atoms with van der Waals surface area (Å²) in [7, 11) is 0. The number of aromatic nitrogens is 3. The summed E-state index contributed by atoms with van der Waals surface area (Å²) in [5.41, 5.74) is 0.726. The van der Waals surface area contributed by atoms with Crippen molar-refractivity contribution < 1.29 is 4.79 Å². The highest BCUT2D eigenvalue weighted by atomic mass is 32.1. The Morgan fingerprint density at radius 1 is 1.50 bits per heavy atom. The predicted molar refractivity (Wildman–Crippen MR) is 71.6 cm³/mol. The first kappa shape index (κ1) is 12.8. The lowest BCUT2D eigenvalue weighted by molar-refractivity contribution is 0.242. The maximum atomic E-state index is 11.8. The van der Waals surface area contributed by atoms with E-state index < -0.39 is 0 Å². The van der Waals surface area contributed by atoms with Crippen molar-refractivity contribution in [2.45, 2.75) is 20.3 Å². The van der Waals surface area contributed by atoms with Crippen LogP contribution >= 0.6 is 11.3 Å². The van der Waals surface area contributed by atoms with E-state index in [0.29, 0.717) is 12.5 Å². The molecular weight excluding hydrogens is 248 g/mol. The molecule has 0 unspecified atom stereocenters. The van der Waals surface area contributed by atoms with Gasteiger partial charge in [-0.2, -0.15) is 0 Å². The summed E-state index contributed by atoms with van der Waals surface area (Å²) in [6.45, 7) is 4.94. The number of carbonyl (C=O) groups is 1. The Hall–Kier alpha value is -1.69.